The van der Waals surface area contributed by atoms with Crippen molar-refractivity contribution in [1.29, 1.82) is 0 Å². The van der Waals surface area contributed by atoms with Crippen LogP contribution < -0.4 is 5.32 Å². The molecule has 0 fully saturated rings. The van der Waals surface area contributed by atoms with Gasteiger partial charge in [-0.3, -0.25) is 9.59 Å². The number of ether oxygens (including phenoxy) is 1. The summed E-state index contributed by atoms with van der Waals surface area (Å²) < 4.78 is 5.45. The molecule has 0 spiro atoms. The molecule has 6 nitrogen and oxygen atoms in total. The maximum atomic E-state index is 12.5. The molecule has 69 heavy (non-hydrogen) atoms. The van der Waals surface area contributed by atoms with Crippen LogP contribution in [-0.4, -0.2) is 47.4 Å². The number of esters is 1. The Morgan fingerprint density at radius 3 is 1.13 bits per heavy atom. The van der Waals surface area contributed by atoms with Gasteiger partial charge in [-0.2, -0.15) is 0 Å². The lowest BCUT2D eigenvalue weighted by Crippen LogP contribution is -2.45. The summed E-state index contributed by atoms with van der Waals surface area (Å²) in [6.07, 6.45) is 72.9. The highest BCUT2D eigenvalue weighted by Gasteiger charge is 2.20. The van der Waals surface area contributed by atoms with E-state index in [4.69, 9.17) is 4.74 Å². The number of hydrogen-bond acceptors (Lipinski definition) is 5. The van der Waals surface area contributed by atoms with Crippen LogP contribution in [0.4, 0.5) is 0 Å². The van der Waals surface area contributed by atoms with Crippen molar-refractivity contribution in [3.8, 4) is 0 Å². The summed E-state index contributed by atoms with van der Waals surface area (Å²) in [7, 11) is 0. The minimum absolute atomic E-state index is 0.0378. The second kappa shape index (κ2) is 58.6. The number of nitrogens with one attached hydrogen (secondary N) is 1. The standard InChI is InChI=1S/C63H119NO5/c1-3-5-7-9-11-13-15-17-19-21-23-24-25-26-27-28-30-32-35-39-43-47-51-55-61(66)60(59-65)64-62(67)56-52-48-44-40-36-34-38-42-46-50-54-58-69-63(68)57-53-49-45-41-37-33-31-29-22-20-18-16-14-12-10-8-6-4-2/h14,16,20,22,38,42,60-61,65-66H,3-13,15,17-19,21,23-37,39-41,43-59H2,1-2H3,(H,64,67)/b16-14-,22-20-,42-38-. The van der Waals surface area contributed by atoms with Crippen LogP contribution >= 0.6 is 0 Å². The zero-order chi connectivity index (χ0) is 50.0. The molecule has 0 rings (SSSR count). The number of allylic oxidation sites excluding steroid dienone is 6. The van der Waals surface area contributed by atoms with E-state index in [1.54, 1.807) is 0 Å². The van der Waals surface area contributed by atoms with E-state index in [0.29, 0.717) is 25.9 Å². The van der Waals surface area contributed by atoms with Crippen LogP contribution in [0.3, 0.4) is 0 Å². The summed E-state index contributed by atoms with van der Waals surface area (Å²) in [5, 5.41) is 23.3. The highest BCUT2D eigenvalue weighted by Crippen LogP contribution is 2.17. The molecule has 2 unspecified atom stereocenters. The lowest BCUT2D eigenvalue weighted by molar-refractivity contribution is -0.143. The lowest BCUT2D eigenvalue weighted by atomic mass is 10.0. The van der Waals surface area contributed by atoms with Crippen molar-refractivity contribution in [3.05, 3.63) is 36.5 Å². The molecule has 0 heterocycles. The van der Waals surface area contributed by atoms with Crippen molar-refractivity contribution >= 4 is 11.9 Å². The van der Waals surface area contributed by atoms with Gasteiger partial charge in [-0.1, -0.05) is 269 Å². The average Bonchev–Trinajstić information content (AvgIpc) is 3.35. The molecule has 0 aromatic rings. The molecular formula is C63H119NO5. The molecule has 2 atom stereocenters. The third kappa shape index (κ3) is 55.2. The van der Waals surface area contributed by atoms with E-state index in [2.05, 4.69) is 55.6 Å². The van der Waals surface area contributed by atoms with Gasteiger partial charge in [0.1, 0.15) is 0 Å². The zero-order valence-electron chi connectivity index (χ0n) is 46.3. The van der Waals surface area contributed by atoms with Gasteiger partial charge >= 0.3 is 5.97 Å². The second-order valence-electron chi connectivity index (χ2n) is 21.0. The number of unbranched alkanes of at least 4 members (excludes halogenated alkanes) is 40. The van der Waals surface area contributed by atoms with Gasteiger partial charge in [-0.15, -0.1) is 0 Å². The number of aliphatic hydroxyl groups excluding tert-OH is 2. The summed E-state index contributed by atoms with van der Waals surface area (Å²) in [5.74, 6) is -0.0997. The van der Waals surface area contributed by atoms with Crippen LogP contribution in [0.2, 0.25) is 0 Å². The highest BCUT2D eigenvalue weighted by atomic mass is 16.5. The fraction of sp³-hybridized carbons (Fsp3) is 0.873. The SMILES string of the molecule is CCCCCC/C=C\C/C=C\CCCCCCCCCC(=O)OCCCC/C=C\CCCCCCCC(=O)NC(CO)C(O)CCCCCCCCCCCCCCCCCCCCCCCCC. The first kappa shape index (κ1) is 67.1. The first-order valence-electron chi connectivity index (χ1n) is 30.7. The summed E-state index contributed by atoms with van der Waals surface area (Å²) >= 11 is 0. The summed E-state index contributed by atoms with van der Waals surface area (Å²) in [6.45, 7) is 4.88. The van der Waals surface area contributed by atoms with Crippen molar-refractivity contribution in [2.24, 2.45) is 0 Å². The van der Waals surface area contributed by atoms with Crippen LogP contribution in [0, 0.1) is 0 Å². The number of amides is 1. The number of hydrogen-bond donors (Lipinski definition) is 3. The third-order valence-corrected chi connectivity index (χ3v) is 14.2. The maximum Gasteiger partial charge on any atom is 0.305 e. The molecule has 406 valence electrons. The van der Waals surface area contributed by atoms with Crippen LogP contribution in [-0.2, 0) is 14.3 Å². The Labute approximate surface area is 430 Å². The van der Waals surface area contributed by atoms with Gasteiger partial charge in [0.15, 0.2) is 0 Å². The first-order chi connectivity index (χ1) is 34.0. The van der Waals surface area contributed by atoms with Gasteiger partial charge < -0.3 is 20.3 Å². The van der Waals surface area contributed by atoms with Crippen LogP contribution in [0.25, 0.3) is 0 Å². The summed E-state index contributed by atoms with van der Waals surface area (Å²) in [6, 6.07) is -0.565. The number of carbonyl (C=O) groups is 2. The van der Waals surface area contributed by atoms with E-state index in [1.807, 2.05) is 0 Å². The third-order valence-electron chi connectivity index (χ3n) is 14.2. The molecule has 0 bridgehead atoms. The van der Waals surface area contributed by atoms with Crippen molar-refractivity contribution in [2.45, 2.75) is 341 Å². The van der Waals surface area contributed by atoms with E-state index in [9.17, 15) is 19.8 Å². The Morgan fingerprint density at radius 1 is 0.406 bits per heavy atom. The normalized spacial score (nSPS) is 12.8. The fourth-order valence-electron chi connectivity index (χ4n) is 9.43. The Balaban J connectivity index is 3.50. The summed E-state index contributed by atoms with van der Waals surface area (Å²) in [4.78, 5) is 24.6. The number of aliphatic hydroxyl groups is 2. The summed E-state index contributed by atoms with van der Waals surface area (Å²) in [5.41, 5.74) is 0. The van der Waals surface area contributed by atoms with Gasteiger partial charge in [-0.05, 0) is 83.5 Å². The molecule has 3 N–H and O–H groups in total. The molecular weight excluding hydrogens is 851 g/mol. The van der Waals surface area contributed by atoms with Gasteiger partial charge in [0.05, 0.1) is 25.4 Å². The smallest absolute Gasteiger partial charge is 0.305 e. The molecule has 0 radical (unpaired) electrons. The van der Waals surface area contributed by atoms with Crippen molar-refractivity contribution in [1.82, 2.24) is 5.32 Å². The van der Waals surface area contributed by atoms with E-state index in [1.165, 1.54) is 205 Å². The van der Waals surface area contributed by atoms with E-state index < -0.39 is 12.1 Å². The minimum Gasteiger partial charge on any atom is -0.466 e. The van der Waals surface area contributed by atoms with Crippen molar-refractivity contribution in [2.75, 3.05) is 13.2 Å². The largest absolute Gasteiger partial charge is 0.466 e. The zero-order valence-corrected chi connectivity index (χ0v) is 46.3. The molecule has 0 aliphatic carbocycles. The monoisotopic (exact) mass is 970 g/mol. The van der Waals surface area contributed by atoms with E-state index >= 15 is 0 Å². The molecule has 0 aliphatic rings. The van der Waals surface area contributed by atoms with Gasteiger partial charge in [-0.25, -0.2) is 0 Å². The lowest BCUT2D eigenvalue weighted by Gasteiger charge is -2.22. The fourth-order valence-corrected chi connectivity index (χ4v) is 9.43. The van der Waals surface area contributed by atoms with Crippen LogP contribution in [0.15, 0.2) is 36.5 Å². The molecule has 0 aromatic carbocycles. The number of carbonyl (C=O) groups excluding carboxylic acids is 2. The Kier molecular flexibility index (Phi) is 57.0. The van der Waals surface area contributed by atoms with Gasteiger partial charge in [0.25, 0.3) is 0 Å². The molecule has 0 aliphatic heterocycles. The van der Waals surface area contributed by atoms with Gasteiger partial charge in [0, 0.05) is 12.8 Å². The predicted molar refractivity (Wildman–Crippen MR) is 301 cm³/mol. The second-order valence-corrected chi connectivity index (χ2v) is 21.0. The first-order valence-corrected chi connectivity index (χ1v) is 30.7. The Bertz CT molecular complexity index is 1120. The average molecular weight is 971 g/mol. The predicted octanol–water partition coefficient (Wildman–Crippen LogP) is 19.2. The quantitative estimate of drug-likeness (QED) is 0.0321. The molecule has 1 amide bonds. The maximum absolute atomic E-state index is 12.5. The Hall–Kier alpha value is -1.92. The van der Waals surface area contributed by atoms with Crippen molar-refractivity contribution < 1.29 is 24.5 Å². The van der Waals surface area contributed by atoms with E-state index in [0.717, 1.165) is 89.9 Å². The molecule has 0 saturated heterocycles. The van der Waals surface area contributed by atoms with E-state index in [-0.39, 0.29) is 18.5 Å². The molecule has 0 saturated carbocycles. The number of rotatable bonds is 57. The highest BCUT2D eigenvalue weighted by molar-refractivity contribution is 5.76. The topological polar surface area (TPSA) is 95.9 Å². The minimum atomic E-state index is -0.685. The Morgan fingerprint density at radius 2 is 0.725 bits per heavy atom. The van der Waals surface area contributed by atoms with Crippen LogP contribution in [0.1, 0.15) is 328 Å². The van der Waals surface area contributed by atoms with Crippen LogP contribution in [0.5, 0.6) is 0 Å². The molecule has 6 heteroatoms. The van der Waals surface area contributed by atoms with Gasteiger partial charge in [0.2, 0.25) is 5.91 Å². The van der Waals surface area contributed by atoms with Crippen molar-refractivity contribution in [3.63, 3.8) is 0 Å². The molecule has 0 aromatic heterocycles.